The monoisotopic (exact) mass is 212 g/mol. The minimum atomic E-state index is -0.0426. The maximum Gasteiger partial charge on any atom is 0.306 e. The van der Waals surface area contributed by atoms with Crippen molar-refractivity contribution in [2.24, 2.45) is 11.8 Å². The Morgan fingerprint density at radius 3 is 2.87 bits per heavy atom. The van der Waals surface area contributed by atoms with Crippen LogP contribution in [0.1, 0.15) is 39.0 Å². The molecule has 3 heteroatoms. The lowest BCUT2D eigenvalue weighted by Crippen LogP contribution is -2.28. The van der Waals surface area contributed by atoms with Crippen LogP contribution < -0.4 is 0 Å². The Morgan fingerprint density at radius 2 is 2.20 bits per heavy atom. The highest BCUT2D eigenvalue weighted by atomic mass is 16.5. The van der Waals surface area contributed by atoms with Gasteiger partial charge in [-0.1, -0.05) is 0 Å². The van der Waals surface area contributed by atoms with Gasteiger partial charge in [0.2, 0.25) is 0 Å². The largest absolute Gasteiger partial charge is 0.466 e. The smallest absolute Gasteiger partial charge is 0.306 e. The van der Waals surface area contributed by atoms with Crippen molar-refractivity contribution in [3.63, 3.8) is 0 Å². The molecule has 0 aromatic carbocycles. The molecule has 2 aliphatic rings. The summed E-state index contributed by atoms with van der Waals surface area (Å²) in [5, 5.41) is 0. The van der Waals surface area contributed by atoms with E-state index in [1.807, 2.05) is 6.92 Å². The van der Waals surface area contributed by atoms with Crippen LogP contribution in [0.25, 0.3) is 0 Å². The van der Waals surface area contributed by atoms with Crippen LogP contribution in [0, 0.1) is 11.8 Å². The molecule has 0 N–H and O–H groups in total. The molecule has 2 atom stereocenters. The third kappa shape index (κ3) is 3.20. The molecule has 0 spiro atoms. The van der Waals surface area contributed by atoms with Crippen molar-refractivity contribution in [3.8, 4) is 0 Å². The Bertz CT molecular complexity index is 223. The van der Waals surface area contributed by atoms with Crippen molar-refractivity contribution in [1.82, 2.24) is 0 Å². The summed E-state index contributed by atoms with van der Waals surface area (Å²) in [7, 11) is 0. The lowest BCUT2D eigenvalue weighted by molar-refractivity contribution is -0.145. The van der Waals surface area contributed by atoms with E-state index in [-0.39, 0.29) is 5.97 Å². The van der Waals surface area contributed by atoms with Crippen LogP contribution in [0.15, 0.2) is 0 Å². The van der Waals surface area contributed by atoms with E-state index in [2.05, 4.69) is 0 Å². The molecule has 0 bridgehead atoms. The highest BCUT2D eigenvalue weighted by Crippen LogP contribution is 2.40. The van der Waals surface area contributed by atoms with Gasteiger partial charge < -0.3 is 9.47 Å². The molecular formula is C12H20O3. The van der Waals surface area contributed by atoms with E-state index < -0.39 is 0 Å². The van der Waals surface area contributed by atoms with Gasteiger partial charge in [-0.2, -0.15) is 0 Å². The Labute approximate surface area is 91.1 Å². The lowest BCUT2D eigenvalue weighted by atomic mass is 9.91. The van der Waals surface area contributed by atoms with Gasteiger partial charge in [0.15, 0.2) is 0 Å². The van der Waals surface area contributed by atoms with Gasteiger partial charge >= 0.3 is 5.97 Å². The summed E-state index contributed by atoms with van der Waals surface area (Å²) >= 11 is 0. The Hall–Kier alpha value is -0.570. The number of hydrogen-bond acceptors (Lipinski definition) is 3. The number of rotatable bonds is 4. The molecule has 3 nitrogen and oxygen atoms in total. The normalized spacial score (nSPS) is 31.3. The van der Waals surface area contributed by atoms with Crippen LogP contribution in [0.4, 0.5) is 0 Å². The fourth-order valence-electron chi connectivity index (χ4n) is 2.34. The van der Waals surface area contributed by atoms with Gasteiger partial charge in [0.1, 0.15) is 0 Å². The first kappa shape index (κ1) is 10.9. The Balaban J connectivity index is 1.74. The third-order valence-corrected chi connectivity index (χ3v) is 3.33. The number of esters is 1. The standard InChI is InChI=1S/C12H20O3/c1-2-14-12(13)8-9-5-6-15-11(7-9)10-3-4-10/h9-11H,2-8H2,1H3/t9-,11-/m1/s1. The van der Waals surface area contributed by atoms with E-state index >= 15 is 0 Å². The topological polar surface area (TPSA) is 35.5 Å². The molecule has 1 saturated carbocycles. The number of hydrogen-bond donors (Lipinski definition) is 0. The first-order valence-electron chi connectivity index (χ1n) is 6.06. The summed E-state index contributed by atoms with van der Waals surface area (Å²) in [6.07, 6.45) is 5.72. The predicted octanol–water partition coefficient (Wildman–Crippen LogP) is 2.14. The number of ether oxygens (including phenoxy) is 2. The zero-order chi connectivity index (χ0) is 10.7. The molecule has 1 aliphatic carbocycles. The fraction of sp³-hybridized carbons (Fsp3) is 0.917. The molecule has 2 fully saturated rings. The highest BCUT2D eigenvalue weighted by Gasteiger charge is 2.36. The second-order valence-electron chi connectivity index (χ2n) is 4.65. The van der Waals surface area contributed by atoms with E-state index in [9.17, 15) is 4.79 Å². The minimum Gasteiger partial charge on any atom is -0.466 e. The summed E-state index contributed by atoms with van der Waals surface area (Å²) in [5.41, 5.74) is 0. The summed E-state index contributed by atoms with van der Waals surface area (Å²) in [6, 6.07) is 0. The highest BCUT2D eigenvalue weighted by molar-refractivity contribution is 5.69. The molecule has 0 unspecified atom stereocenters. The van der Waals surface area contributed by atoms with Crippen LogP contribution in [-0.2, 0) is 14.3 Å². The molecular weight excluding hydrogens is 192 g/mol. The molecule has 0 aromatic rings. The molecule has 0 amide bonds. The Morgan fingerprint density at radius 1 is 1.40 bits per heavy atom. The predicted molar refractivity (Wildman–Crippen MR) is 56.4 cm³/mol. The summed E-state index contributed by atoms with van der Waals surface area (Å²) in [5.74, 6) is 1.23. The maximum atomic E-state index is 11.3. The van der Waals surface area contributed by atoms with Gasteiger partial charge in [0.05, 0.1) is 12.7 Å². The van der Waals surface area contributed by atoms with E-state index in [0.717, 1.165) is 25.4 Å². The van der Waals surface area contributed by atoms with E-state index in [1.165, 1.54) is 12.8 Å². The van der Waals surface area contributed by atoms with Crippen molar-refractivity contribution in [3.05, 3.63) is 0 Å². The third-order valence-electron chi connectivity index (χ3n) is 3.33. The molecule has 2 rings (SSSR count). The summed E-state index contributed by atoms with van der Waals surface area (Å²) in [6.45, 7) is 3.17. The first-order chi connectivity index (χ1) is 7.29. The SMILES string of the molecule is CCOC(=O)C[C@@H]1CCO[C@@H](C2CC2)C1. The van der Waals surface area contributed by atoms with E-state index in [1.54, 1.807) is 0 Å². The molecule has 1 aliphatic heterocycles. The molecule has 15 heavy (non-hydrogen) atoms. The van der Waals surface area contributed by atoms with Crippen LogP contribution in [0.3, 0.4) is 0 Å². The van der Waals surface area contributed by atoms with E-state index in [4.69, 9.17) is 9.47 Å². The van der Waals surface area contributed by atoms with E-state index in [0.29, 0.717) is 25.0 Å². The van der Waals surface area contributed by atoms with Crippen LogP contribution in [-0.4, -0.2) is 25.3 Å². The van der Waals surface area contributed by atoms with Gasteiger partial charge in [-0.25, -0.2) is 0 Å². The van der Waals surface area contributed by atoms with Crippen LogP contribution in [0.2, 0.25) is 0 Å². The molecule has 1 heterocycles. The average Bonchev–Trinajstić information content (AvgIpc) is 3.01. The zero-order valence-corrected chi connectivity index (χ0v) is 9.41. The number of carbonyl (C=O) groups excluding carboxylic acids is 1. The zero-order valence-electron chi connectivity index (χ0n) is 9.41. The van der Waals surface area contributed by atoms with Crippen molar-refractivity contribution < 1.29 is 14.3 Å². The van der Waals surface area contributed by atoms with Gasteiger partial charge in [-0.3, -0.25) is 4.79 Å². The second kappa shape index (κ2) is 4.97. The maximum absolute atomic E-state index is 11.3. The van der Waals surface area contributed by atoms with Crippen LogP contribution >= 0.6 is 0 Å². The van der Waals surface area contributed by atoms with Crippen molar-refractivity contribution in [2.75, 3.05) is 13.2 Å². The fourth-order valence-corrected chi connectivity index (χ4v) is 2.34. The number of carbonyl (C=O) groups is 1. The first-order valence-corrected chi connectivity index (χ1v) is 6.06. The lowest BCUT2D eigenvalue weighted by Gasteiger charge is -2.29. The van der Waals surface area contributed by atoms with Gasteiger partial charge in [0.25, 0.3) is 0 Å². The average molecular weight is 212 g/mol. The summed E-state index contributed by atoms with van der Waals surface area (Å²) in [4.78, 5) is 11.3. The molecule has 0 aromatic heterocycles. The quantitative estimate of drug-likeness (QED) is 0.670. The van der Waals surface area contributed by atoms with Crippen molar-refractivity contribution >= 4 is 5.97 Å². The van der Waals surface area contributed by atoms with Crippen molar-refractivity contribution in [2.45, 2.75) is 45.1 Å². The molecule has 0 radical (unpaired) electrons. The van der Waals surface area contributed by atoms with Gasteiger partial charge in [-0.05, 0) is 44.4 Å². The minimum absolute atomic E-state index is 0.0426. The van der Waals surface area contributed by atoms with Crippen LogP contribution in [0.5, 0.6) is 0 Å². The Kier molecular flexibility index (Phi) is 3.62. The van der Waals surface area contributed by atoms with Crippen molar-refractivity contribution in [1.29, 1.82) is 0 Å². The second-order valence-corrected chi connectivity index (χ2v) is 4.65. The summed E-state index contributed by atoms with van der Waals surface area (Å²) < 4.78 is 10.7. The molecule has 1 saturated heterocycles. The molecule has 86 valence electrons. The van der Waals surface area contributed by atoms with Gasteiger partial charge in [-0.15, -0.1) is 0 Å². The van der Waals surface area contributed by atoms with Gasteiger partial charge in [0, 0.05) is 13.0 Å².